The number of nitrogens with zero attached hydrogens (tertiary/aromatic N) is 1. The van der Waals surface area contributed by atoms with Gasteiger partial charge in [0, 0.05) is 26.2 Å². The summed E-state index contributed by atoms with van der Waals surface area (Å²) in [5.41, 5.74) is 2.18. The average molecular weight is 331 g/mol. The normalized spacial score (nSPS) is 10.2. The molecule has 0 aliphatic heterocycles. The first-order valence-electron chi connectivity index (χ1n) is 7.32. The molecule has 0 aliphatic carbocycles. The number of amides is 2. The SMILES string of the molecule is CN(C)C(=O)CCc1ccc(NC(=O)c2ccccc2Cl)cc1. The molecule has 0 heterocycles. The molecule has 0 spiro atoms. The lowest BCUT2D eigenvalue weighted by molar-refractivity contribution is -0.128. The van der Waals surface area contributed by atoms with E-state index in [0.29, 0.717) is 29.1 Å². The molecule has 0 unspecified atom stereocenters. The molecule has 0 bridgehead atoms. The molecule has 2 rings (SSSR count). The van der Waals surface area contributed by atoms with Crippen molar-refractivity contribution in [2.24, 2.45) is 0 Å². The number of rotatable bonds is 5. The Morgan fingerprint density at radius 2 is 1.70 bits per heavy atom. The molecule has 120 valence electrons. The van der Waals surface area contributed by atoms with Gasteiger partial charge >= 0.3 is 0 Å². The number of halogens is 1. The Balaban J connectivity index is 1.96. The maximum absolute atomic E-state index is 12.2. The van der Waals surface area contributed by atoms with Crippen LogP contribution in [0.5, 0.6) is 0 Å². The van der Waals surface area contributed by atoms with Crippen LogP contribution in [0, 0.1) is 0 Å². The predicted octanol–water partition coefficient (Wildman–Crippen LogP) is 3.61. The number of carbonyl (C=O) groups is 2. The quantitative estimate of drug-likeness (QED) is 0.910. The average Bonchev–Trinajstić information content (AvgIpc) is 2.54. The van der Waals surface area contributed by atoms with Crippen molar-refractivity contribution in [3.63, 3.8) is 0 Å². The van der Waals surface area contributed by atoms with Crippen LogP contribution >= 0.6 is 11.6 Å². The first kappa shape index (κ1) is 17.0. The van der Waals surface area contributed by atoms with E-state index >= 15 is 0 Å². The van der Waals surface area contributed by atoms with E-state index in [-0.39, 0.29) is 11.8 Å². The van der Waals surface area contributed by atoms with Gasteiger partial charge in [-0.05, 0) is 36.2 Å². The lowest BCUT2D eigenvalue weighted by Gasteiger charge is -2.10. The van der Waals surface area contributed by atoms with Gasteiger partial charge in [-0.2, -0.15) is 0 Å². The molecule has 2 aromatic rings. The van der Waals surface area contributed by atoms with E-state index < -0.39 is 0 Å². The van der Waals surface area contributed by atoms with Crippen molar-refractivity contribution in [1.29, 1.82) is 0 Å². The number of hydrogen-bond donors (Lipinski definition) is 1. The van der Waals surface area contributed by atoms with Gasteiger partial charge in [0.15, 0.2) is 0 Å². The molecule has 0 saturated carbocycles. The van der Waals surface area contributed by atoms with Crippen molar-refractivity contribution in [2.75, 3.05) is 19.4 Å². The van der Waals surface area contributed by atoms with E-state index in [9.17, 15) is 9.59 Å². The fourth-order valence-electron chi connectivity index (χ4n) is 2.07. The second kappa shape index (κ2) is 7.79. The monoisotopic (exact) mass is 330 g/mol. The van der Waals surface area contributed by atoms with Crippen LogP contribution in [0.25, 0.3) is 0 Å². The minimum Gasteiger partial charge on any atom is -0.349 e. The highest BCUT2D eigenvalue weighted by Crippen LogP contribution is 2.18. The van der Waals surface area contributed by atoms with Crippen molar-refractivity contribution < 1.29 is 9.59 Å². The highest BCUT2D eigenvalue weighted by atomic mass is 35.5. The van der Waals surface area contributed by atoms with Crippen LogP contribution in [0.3, 0.4) is 0 Å². The van der Waals surface area contributed by atoms with Crippen LogP contribution in [0.1, 0.15) is 22.3 Å². The Morgan fingerprint density at radius 1 is 1.04 bits per heavy atom. The number of nitrogens with one attached hydrogen (secondary N) is 1. The Labute approximate surface area is 141 Å². The van der Waals surface area contributed by atoms with E-state index in [4.69, 9.17) is 11.6 Å². The van der Waals surface area contributed by atoms with Crippen molar-refractivity contribution in [3.8, 4) is 0 Å². The van der Waals surface area contributed by atoms with Gasteiger partial charge in [0.1, 0.15) is 0 Å². The fraction of sp³-hybridized carbons (Fsp3) is 0.222. The molecule has 23 heavy (non-hydrogen) atoms. The van der Waals surface area contributed by atoms with Gasteiger partial charge in [-0.1, -0.05) is 35.9 Å². The molecule has 0 radical (unpaired) electrons. The second-order valence-electron chi connectivity index (χ2n) is 5.42. The second-order valence-corrected chi connectivity index (χ2v) is 5.83. The van der Waals surface area contributed by atoms with Crippen LogP contribution in [0.4, 0.5) is 5.69 Å². The molecule has 0 saturated heterocycles. The zero-order valence-corrected chi connectivity index (χ0v) is 13.9. The van der Waals surface area contributed by atoms with Crippen molar-refractivity contribution in [2.45, 2.75) is 12.8 Å². The summed E-state index contributed by atoms with van der Waals surface area (Å²) in [5.74, 6) is -0.146. The molecule has 4 nitrogen and oxygen atoms in total. The van der Waals surface area contributed by atoms with Crippen molar-refractivity contribution in [1.82, 2.24) is 4.90 Å². The molecule has 0 fully saturated rings. The first-order valence-corrected chi connectivity index (χ1v) is 7.70. The summed E-state index contributed by atoms with van der Waals surface area (Å²) in [6, 6.07) is 14.4. The molecular formula is C18H19ClN2O2. The first-order chi connectivity index (χ1) is 11.0. The number of aryl methyl sites for hydroxylation is 1. The van der Waals surface area contributed by atoms with Crippen molar-refractivity contribution in [3.05, 3.63) is 64.7 Å². The fourth-order valence-corrected chi connectivity index (χ4v) is 2.29. The lowest BCUT2D eigenvalue weighted by Crippen LogP contribution is -2.21. The third-order valence-electron chi connectivity index (χ3n) is 3.46. The maximum Gasteiger partial charge on any atom is 0.257 e. The van der Waals surface area contributed by atoms with Gasteiger partial charge < -0.3 is 10.2 Å². The molecule has 1 N–H and O–H groups in total. The molecule has 5 heteroatoms. The number of anilines is 1. The van der Waals surface area contributed by atoms with Gasteiger partial charge in [0.25, 0.3) is 5.91 Å². The topological polar surface area (TPSA) is 49.4 Å². The van der Waals surface area contributed by atoms with E-state index in [1.807, 2.05) is 24.3 Å². The smallest absolute Gasteiger partial charge is 0.257 e. The van der Waals surface area contributed by atoms with Gasteiger partial charge in [-0.25, -0.2) is 0 Å². The summed E-state index contributed by atoms with van der Waals surface area (Å²) in [6.45, 7) is 0. The Bertz CT molecular complexity index is 696. The molecule has 0 aliphatic rings. The number of benzene rings is 2. The largest absolute Gasteiger partial charge is 0.349 e. The van der Waals surface area contributed by atoms with Crippen LogP contribution < -0.4 is 5.32 Å². The zero-order chi connectivity index (χ0) is 16.8. The standard InChI is InChI=1S/C18H19ClN2O2/c1-21(2)17(22)12-9-13-7-10-14(11-8-13)20-18(23)15-5-3-4-6-16(15)19/h3-8,10-11H,9,12H2,1-2H3,(H,20,23). The predicted molar refractivity (Wildman–Crippen MR) is 92.9 cm³/mol. The molecule has 2 aromatic carbocycles. The van der Waals surface area contributed by atoms with Crippen LogP contribution in [-0.2, 0) is 11.2 Å². The van der Waals surface area contributed by atoms with E-state index in [1.165, 1.54) is 0 Å². The minimum absolute atomic E-state index is 0.0982. The Hall–Kier alpha value is -2.33. The van der Waals surface area contributed by atoms with Gasteiger partial charge in [-0.3, -0.25) is 9.59 Å². The van der Waals surface area contributed by atoms with Crippen LogP contribution in [-0.4, -0.2) is 30.8 Å². The van der Waals surface area contributed by atoms with Gasteiger partial charge in [0.2, 0.25) is 5.91 Å². The van der Waals surface area contributed by atoms with E-state index in [1.54, 1.807) is 43.3 Å². The third kappa shape index (κ3) is 4.83. The maximum atomic E-state index is 12.2. The number of hydrogen-bond acceptors (Lipinski definition) is 2. The van der Waals surface area contributed by atoms with E-state index in [2.05, 4.69) is 5.32 Å². The summed E-state index contributed by atoms with van der Waals surface area (Å²) in [5, 5.41) is 3.23. The zero-order valence-electron chi connectivity index (χ0n) is 13.2. The summed E-state index contributed by atoms with van der Waals surface area (Å²) < 4.78 is 0. The molecule has 0 atom stereocenters. The van der Waals surface area contributed by atoms with Crippen molar-refractivity contribution >= 4 is 29.1 Å². The minimum atomic E-state index is -0.244. The molecule has 0 aromatic heterocycles. The highest BCUT2D eigenvalue weighted by Gasteiger charge is 2.10. The Morgan fingerprint density at radius 3 is 2.30 bits per heavy atom. The summed E-state index contributed by atoms with van der Waals surface area (Å²) in [6.07, 6.45) is 1.15. The summed E-state index contributed by atoms with van der Waals surface area (Å²) >= 11 is 6.01. The summed E-state index contributed by atoms with van der Waals surface area (Å²) in [7, 11) is 3.49. The van der Waals surface area contributed by atoms with Crippen LogP contribution in [0.2, 0.25) is 5.02 Å². The Kier molecular flexibility index (Phi) is 5.77. The molecular weight excluding hydrogens is 312 g/mol. The van der Waals surface area contributed by atoms with Gasteiger partial charge in [-0.15, -0.1) is 0 Å². The summed E-state index contributed by atoms with van der Waals surface area (Å²) in [4.78, 5) is 25.3. The lowest BCUT2D eigenvalue weighted by atomic mass is 10.1. The highest BCUT2D eigenvalue weighted by molar-refractivity contribution is 6.34. The van der Waals surface area contributed by atoms with Gasteiger partial charge in [0.05, 0.1) is 10.6 Å². The molecule has 2 amide bonds. The van der Waals surface area contributed by atoms with E-state index in [0.717, 1.165) is 5.56 Å². The third-order valence-corrected chi connectivity index (χ3v) is 3.79. The number of carbonyl (C=O) groups excluding carboxylic acids is 2. The van der Waals surface area contributed by atoms with Crippen LogP contribution in [0.15, 0.2) is 48.5 Å².